The average Bonchev–Trinajstić information content (AvgIpc) is 3.31. The lowest BCUT2D eigenvalue weighted by Gasteiger charge is -2.34. The molecular formula is C28H37ClN4O3S. The second-order valence-corrected chi connectivity index (χ2v) is 11.1. The Bertz CT molecular complexity index is 1200. The fourth-order valence-corrected chi connectivity index (χ4v) is 6.09. The van der Waals surface area contributed by atoms with Gasteiger partial charge in [-0.2, -0.15) is 0 Å². The zero-order chi connectivity index (χ0) is 26.0. The number of thiazole rings is 1. The Hall–Kier alpha value is -2.39. The first-order chi connectivity index (χ1) is 18.0. The zero-order valence-electron chi connectivity index (χ0n) is 21.2. The van der Waals surface area contributed by atoms with Gasteiger partial charge in [-0.15, -0.1) is 0 Å². The molecule has 0 unspecified atom stereocenters. The molecule has 7 nitrogen and oxygen atoms in total. The molecule has 1 heterocycles. The maximum atomic E-state index is 13.2. The van der Waals surface area contributed by atoms with Crippen molar-refractivity contribution in [2.45, 2.75) is 57.4 Å². The van der Waals surface area contributed by atoms with Crippen LogP contribution >= 0.6 is 22.9 Å². The molecule has 1 aromatic heterocycles. The number of benzene rings is 2. The van der Waals surface area contributed by atoms with E-state index in [1.54, 1.807) is 6.07 Å². The summed E-state index contributed by atoms with van der Waals surface area (Å²) in [7, 11) is 0. The number of aromatic nitrogens is 1. The number of nitrogens with one attached hydrogen (secondary N) is 3. The van der Waals surface area contributed by atoms with Gasteiger partial charge in [0.2, 0.25) is 5.91 Å². The Balaban J connectivity index is 1.21. The molecule has 9 heteroatoms. The van der Waals surface area contributed by atoms with Crippen LogP contribution in [0.4, 0.5) is 0 Å². The Morgan fingerprint density at radius 3 is 2.51 bits per heavy atom. The van der Waals surface area contributed by atoms with E-state index in [9.17, 15) is 14.7 Å². The molecule has 1 aliphatic rings. The van der Waals surface area contributed by atoms with Gasteiger partial charge in [-0.25, -0.2) is 0 Å². The van der Waals surface area contributed by atoms with Gasteiger partial charge in [0, 0.05) is 37.1 Å². The van der Waals surface area contributed by atoms with E-state index in [4.69, 9.17) is 11.6 Å². The van der Waals surface area contributed by atoms with Crippen LogP contribution in [0.1, 0.15) is 49.7 Å². The van der Waals surface area contributed by atoms with Gasteiger partial charge in [-0.3, -0.25) is 9.59 Å². The van der Waals surface area contributed by atoms with E-state index in [0.717, 1.165) is 71.9 Å². The minimum atomic E-state index is -0.160. The van der Waals surface area contributed by atoms with E-state index >= 15 is 0 Å². The number of amides is 1. The van der Waals surface area contributed by atoms with Gasteiger partial charge in [0.05, 0.1) is 4.70 Å². The standard InChI is InChI=1S/C28H37ClN4O3S/c29-22-9-6-20(7-10-22)12-15-30-17-14-25(35)33(23-4-2-1-3-5-23)19-18-31-16-13-21-8-11-24(34)26-27(21)37-28(36)32-26/h6-11,23,30-31,34H,1-5,12-19H2,(H,32,36). The van der Waals surface area contributed by atoms with Crippen LogP contribution in [0.5, 0.6) is 5.75 Å². The number of hydrogen-bond acceptors (Lipinski definition) is 6. The summed E-state index contributed by atoms with van der Waals surface area (Å²) < 4.78 is 0.814. The number of carbonyl (C=O) groups is 1. The van der Waals surface area contributed by atoms with Crippen LogP contribution in [0.25, 0.3) is 10.2 Å². The quantitative estimate of drug-likeness (QED) is 0.238. The second kappa shape index (κ2) is 14.0. The van der Waals surface area contributed by atoms with E-state index in [1.807, 2.05) is 30.3 Å². The smallest absolute Gasteiger partial charge is 0.305 e. The third kappa shape index (κ3) is 8.04. The molecule has 37 heavy (non-hydrogen) atoms. The minimum Gasteiger partial charge on any atom is -0.506 e. The summed E-state index contributed by atoms with van der Waals surface area (Å²) in [6, 6.07) is 11.7. The summed E-state index contributed by atoms with van der Waals surface area (Å²) in [6.45, 7) is 3.69. The van der Waals surface area contributed by atoms with E-state index in [-0.39, 0.29) is 16.5 Å². The van der Waals surface area contributed by atoms with Gasteiger partial charge in [0.1, 0.15) is 11.3 Å². The van der Waals surface area contributed by atoms with Gasteiger partial charge in [-0.05, 0) is 68.1 Å². The van der Waals surface area contributed by atoms with Gasteiger partial charge in [0.25, 0.3) is 0 Å². The number of halogens is 1. The number of carbonyl (C=O) groups excluding carboxylic acids is 1. The Morgan fingerprint density at radius 1 is 1.00 bits per heavy atom. The van der Waals surface area contributed by atoms with E-state index in [2.05, 4.69) is 20.5 Å². The topological polar surface area (TPSA) is 97.5 Å². The van der Waals surface area contributed by atoms with Crippen LogP contribution in [0, 0.1) is 0 Å². The number of H-pyrrole nitrogens is 1. The number of phenols is 1. The second-order valence-electron chi connectivity index (χ2n) is 9.72. The van der Waals surface area contributed by atoms with E-state index in [0.29, 0.717) is 31.1 Å². The van der Waals surface area contributed by atoms with Crippen molar-refractivity contribution in [3.8, 4) is 5.75 Å². The Morgan fingerprint density at radius 2 is 1.73 bits per heavy atom. The normalized spacial score (nSPS) is 14.3. The van der Waals surface area contributed by atoms with Crippen molar-refractivity contribution >= 4 is 39.1 Å². The molecule has 1 amide bonds. The third-order valence-electron chi connectivity index (χ3n) is 7.09. The van der Waals surface area contributed by atoms with Gasteiger partial charge in [-0.1, -0.05) is 60.4 Å². The average molecular weight is 545 g/mol. The minimum absolute atomic E-state index is 0.103. The highest BCUT2D eigenvalue weighted by Gasteiger charge is 2.24. The molecule has 0 radical (unpaired) electrons. The van der Waals surface area contributed by atoms with Crippen molar-refractivity contribution in [3.05, 3.63) is 62.2 Å². The highest BCUT2D eigenvalue weighted by atomic mass is 35.5. The largest absolute Gasteiger partial charge is 0.506 e. The van der Waals surface area contributed by atoms with Gasteiger partial charge in [0.15, 0.2) is 0 Å². The molecule has 0 atom stereocenters. The van der Waals surface area contributed by atoms with Crippen LogP contribution in [-0.2, 0) is 17.6 Å². The molecule has 0 spiro atoms. The molecule has 4 N–H and O–H groups in total. The lowest BCUT2D eigenvalue weighted by atomic mass is 9.94. The maximum Gasteiger partial charge on any atom is 0.305 e. The number of aromatic hydroxyl groups is 1. The van der Waals surface area contributed by atoms with Crippen molar-refractivity contribution in [2.24, 2.45) is 0 Å². The van der Waals surface area contributed by atoms with Crippen molar-refractivity contribution in [1.29, 1.82) is 0 Å². The van der Waals surface area contributed by atoms with Crippen LogP contribution in [0.3, 0.4) is 0 Å². The lowest BCUT2D eigenvalue weighted by molar-refractivity contribution is -0.134. The number of nitrogens with zero attached hydrogens (tertiary/aromatic N) is 1. The number of phenolic OH excluding ortho intramolecular Hbond substituents is 1. The lowest BCUT2D eigenvalue weighted by Crippen LogP contribution is -2.45. The molecule has 1 aliphatic carbocycles. The van der Waals surface area contributed by atoms with E-state index in [1.165, 1.54) is 24.8 Å². The van der Waals surface area contributed by atoms with Crippen LogP contribution < -0.4 is 15.5 Å². The zero-order valence-corrected chi connectivity index (χ0v) is 22.8. The molecule has 0 aliphatic heterocycles. The highest BCUT2D eigenvalue weighted by Crippen LogP contribution is 2.28. The number of rotatable bonds is 13. The first-order valence-corrected chi connectivity index (χ1v) is 14.5. The molecule has 3 aromatic rings. The van der Waals surface area contributed by atoms with Gasteiger partial charge < -0.3 is 25.6 Å². The summed E-state index contributed by atoms with van der Waals surface area (Å²) in [5.74, 6) is 0.330. The summed E-state index contributed by atoms with van der Waals surface area (Å²) in [4.78, 5) is 29.5. The highest BCUT2D eigenvalue weighted by molar-refractivity contribution is 7.16. The van der Waals surface area contributed by atoms with Crippen LogP contribution in [-0.4, -0.2) is 59.7 Å². The van der Waals surface area contributed by atoms with Gasteiger partial charge >= 0.3 is 4.87 Å². The predicted molar refractivity (Wildman–Crippen MR) is 152 cm³/mol. The number of fused-ring (bicyclic) bond motifs is 1. The predicted octanol–water partition coefficient (Wildman–Crippen LogP) is 4.46. The van der Waals surface area contributed by atoms with Crippen molar-refractivity contribution in [2.75, 3.05) is 32.7 Å². The fourth-order valence-electron chi connectivity index (χ4n) is 5.07. The number of aromatic amines is 1. The molecular weight excluding hydrogens is 508 g/mol. The summed E-state index contributed by atoms with van der Waals surface area (Å²) >= 11 is 7.08. The van der Waals surface area contributed by atoms with Crippen molar-refractivity contribution in [3.63, 3.8) is 0 Å². The molecule has 0 saturated heterocycles. The van der Waals surface area contributed by atoms with Crippen LogP contribution in [0.15, 0.2) is 41.2 Å². The Kier molecular flexibility index (Phi) is 10.4. The maximum absolute atomic E-state index is 13.2. The molecule has 0 bridgehead atoms. The fraction of sp³-hybridized carbons (Fsp3) is 0.500. The SMILES string of the molecule is O=C(CCNCCc1ccc(Cl)cc1)N(CCNCCc1ccc(O)c2[nH]c(=O)sc12)C1CCCCC1. The third-order valence-corrected chi connectivity index (χ3v) is 8.30. The molecule has 1 fully saturated rings. The first kappa shape index (κ1) is 27.6. The van der Waals surface area contributed by atoms with Crippen molar-refractivity contribution in [1.82, 2.24) is 20.5 Å². The summed E-state index contributed by atoms with van der Waals surface area (Å²) in [5.41, 5.74) is 2.79. The van der Waals surface area contributed by atoms with Crippen LogP contribution in [0.2, 0.25) is 5.02 Å². The summed E-state index contributed by atoms with van der Waals surface area (Å²) in [6.07, 6.45) is 7.99. The summed E-state index contributed by atoms with van der Waals surface area (Å²) in [5, 5.41) is 17.6. The molecule has 1 saturated carbocycles. The monoisotopic (exact) mass is 544 g/mol. The molecule has 4 rings (SSSR count). The first-order valence-electron chi connectivity index (χ1n) is 13.3. The van der Waals surface area contributed by atoms with Crippen molar-refractivity contribution < 1.29 is 9.90 Å². The Labute approximate surface area is 227 Å². The molecule has 2 aromatic carbocycles. The molecule has 200 valence electrons. The van der Waals surface area contributed by atoms with E-state index < -0.39 is 0 Å². The number of hydrogen-bond donors (Lipinski definition) is 4.